The topological polar surface area (TPSA) is 32.3 Å². The standard InChI is InChI=1S/C13H18N2O/c1-10-5-3-6-11(9-10)15(2)13(16)12-7-4-8-14-12/h3,5-6,9,12,14H,4,7-8H2,1-2H3/t12-/m0/s1. The summed E-state index contributed by atoms with van der Waals surface area (Å²) in [4.78, 5) is 13.9. The highest BCUT2D eigenvalue weighted by molar-refractivity contribution is 5.96. The summed E-state index contributed by atoms with van der Waals surface area (Å²) < 4.78 is 0. The molecule has 1 N–H and O–H groups in total. The van der Waals surface area contributed by atoms with Crippen LogP contribution in [-0.2, 0) is 4.79 Å². The third-order valence-corrected chi connectivity index (χ3v) is 3.08. The van der Waals surface area contributed by atoms with Gasteiger partial charge in [-0.15, -0.1) is 0 Å². The van der Waals surface area contributed by atoms with Gasteiger partial charge < -0.3 is 10.2 Å². The van der Waals surface area contributed by atoms with Crippen LogP contribution in [0.15, 0.2) is 24.3 Å². The first-order valence-corrected chi connectivity index (χ1v) is 5.76. The average molecular weight is 218 g/mol. The van der Waals surface area contributed by atoms with E-state index in [4.69, 9.17) is 0 Å². The van der Waals surface area contributed by atoms with E-state index in [0.717, 1.165) is 25.1 Å². The van der Waals surface area contributed by atoms with Crippen molar-refractivity contribution in [1.82, 2.24) is 5.32 Å². The van der Waals surface area contributed by atoms with Crippen LogP contribution in [0.2, 0.25) is 0 Å². The maximum atomic E-state index is 12.1. The molecule has 0 bridgehead atoms. The van der Waals surface area contributed by atoms with Gasteiger partial charge in [0, 0.05) is 12.7 Å². The average Bonchev–Trinajstić information content (AvgIpc) is 2.80. The van der Waals surface area contributed by atoms with Gasteiger partial charge in [-0.1, -0.05) is 12.1 Å². The lowest BCUT2D eigenvalue weighted by Crippen LogP contribution is -2.41. The highest BCUT2D eigenvalue weighted by atomic mass is 16.2. The maximum Gasteiger partial charge on any atom is 0.243 e. The fourth-order valence-corrected chi connectivity index (χ4v) is 2.09. The Morgan fingerprint density at radius 1 is 1.50 bits per heavy atom. The van der Waals surface area contributed by atoms with Crippen LogP contribution >= 0.6 is 0 Å². The van der Waals surface area contributed by atoms with Gasteiger partial charge in [0.05, 0.1) is 6.04 Å². The number of hydrogen-bond donors (Lipinski definition) is 1. The van der Waals surface area contributed by atoms with Crippen molar-refractivity contribution in [2.75, 3.05) is 18.5 Å². The van der Waals surface area contributed by atoms with E-state index in [9.17, 15) is 4.79 Å². The lowest BCUT2D eigenvalue weighted by atomic mass is 10.1. The number of rotatable bonds is 2. The lowest BCUT2D eigenvalue weighted by Gasteiger charge is -2.21. The Bertz CT molecular complexity index is 383. The summed E-state index contributed by atoms with van der Waals surface area (Å²) in [5.74, 6) is 0.170. The molecule has 16 heavy (non-hydrogen) atoms. The van der Waals surface area contributed by atoms with E-state index in [1.54, 1.807) is 4.90 Å². The molecule has 3 heteroatoms. The number of likely N-dealkylation sites (N-methyl/N-ethyl adjacent to an activating group) is 1. The molecule has 1 aromatic rings. The molecule has 1 amide bonds. The molecule has 0 radical (unpaired) electrons. The molecule has 3 nitrogen and oxygen atoms in total. The third kappa shape index (κ3) is 2.25. The Labute approximate surface area is 96.5 Å². The predicted molar refractivity (Wildman–Crippen MR) is 65.6 cm³/mol. The molecule has 1 aliphatic rings. The van der Waals surface area contributed by atoms with Gasteiger partial charge in [-0.2, -0.15) is 0 Å². The third-order valence-electron chi connectivity index (χ3n) is 3.08. The second-order valence-corrected chi connectivity index (χ2v) is 4.39. The highest BCUT2D eigenvalue weighted by Gasteiger charge is 2.25. The number of benzene rings is 1. The largest absolute Gasteiger partial charge is 0.314 e. The molecular formula is C13H18N2O. The summed E-state index contributed by atoms with van der Waals surface area (Å²) in [6, 6.07) is 8.03. The normalized spacial score (nSPS) is 19.8. The zero-order valence-corrected chi connectivity index (χ0v) is 9.86. The first-order valence-electron chi connectivity index (χ1n) is 5.76. The molecule has 1 heterocycles. The zero-order chi connectivity index (χ0) is 11.5. The van der Waals surface area contributed by atoms with Gasteiger partial charge in [-0.05, 0) is 44.0 Å². The van der Waals surface area contributed by atoms with Crippen LogP contribution in [0, 0.1) is 6.92 Å². The molecule has 0 spiro atoms. The molecule has 1 aromatic carbocycles. The Morgan fingerprint density at radius 2 is 2.31 bits per heavy atom. The molecule has 1 fully saturated rings. The van der Waals surface area contributed by atoms with Crippen molar-refractivity contribution in [1.29, 1.82) is 0 Å². The smallest absolute Gasteiger partial charge is 0.243 e. The molecule has 1 aliphatic heterocycles. The Morgan fingerprint density at radius 3 is 2.94 bits per heavy atom. The number of hydrogen-bond acceptors (Lipinski definition) is 2. The first-order chi connectivity index (χ1) is 7.68. The van der Waals surface area contributed by atoms with Crippen LogP contribution in [0.1, 0.15) is 18.4 Å². The van der Waals surface area contributed by atoms with Crippen LogP contribution in [-0.4, -0.2) is 25.5 Å². The number of nitrogens with zero attached hydrogens (tertiary/aromatic N) is 1. The van der Waals surface area contributed by atoms with E-state index < -0.39 is 0 Å². The number of carbonyl (C=O) groups excluding carboxylic acids is 1. The van der Waals surface area contributed by atoms with Gasteiger partial charge in [0.25, 0.3) is 0 Å². The second-order valence-electron chi connectivity index (χ2n) is 4.39. The SMILES string of the molecule is Cc1cccc(N(C)C(=O)[C@@H]2CCCN2)c1. The van der Waals surface area contributed by atoms with Crippen LogP contribution in [0.25, 0.3) is 0 Å². The predicted octanol–water partition coefficient (Wildman–Crippen LogP) is 1.71. The van der Waals surface area contributed by atoms with E-state index >= 15 is 0 Å². The summed E-state index contributed by atoms with van der Waals surface area (Å²) in [6.07, 6.45) is 2.05. The summed E-state index contributed by atoms with van der Waals surface area (Å²) in [6.45, 7) is 2.99. The van der Waals surface area contributed by atoms with E-state index in [1.165, 1.54) is 5.56 Å². The first kappa shape index (κ1) is 11.1. The fraction of sp³-hybridized carbons (Fsp3) is 0.462. The second kappa shape index (κ2) is 4.66. The summed E-state index contributed by atoms with van der Waals surface area (Å²) in [7, 11) is 1.84. The number of aryl methyl sites for hydroxylation is 1. The Balaban J connectivity index is 2.11. The molecule has 0 aromatic heterocycles. The van der Waals surface area contributed by atoms with Crippen molar-refractivity contribution in [2.45, 2.75) is 25.8 Å². The molecule has 0 aliphatic carbocycles. The van der Waals surface area contributed by atoms with Crippen LogP contribution in [0.5, 0.6) is 0 Å². The van der Waals surface area contributed by atoms with Crippen molar-refractivity contribution in [3.05, 3.63) is 29.8 Å². The highest BCUT2D eigenvalue weighted by Crippen LogP contribution is 2.17. The fourth-order valence-electron chi connectivity index (χ4n) is 2.09. The van der Waals surface area contributed by atoms with Crippen LogP contribution in [0.3, 0.4) is 0 Å². The quantitative estimate of drug-likeness (QED) is 0.819. The Hall–Kier alpha value is -1.35. The Kier molecular flexibility index (Phi) is 3.25. The maximum absolute atomic E-state index is 12.1. The number of carbonyl (C=O) groups is 1. The van der Waals surface area contributed by atoms with Crippen molar-refractivity contribution in [3.63, 3.8) is 0 Å². The summed E-state index contributed by atoms with van der Waals surface area (Å²) in [5.41, 5.74) is 2.15. The number of anilines is 1. The van der Waals surface area contributed by atoms with Crippen LogP contribution in [0.4, 0.5) is 5.69 Å². The molecular weight excluding hydrogens is 200 g/mol. The van der Waals surface area contributed by atoms with Crippen molar-refractivity contribution in [3.8, 4) is 0 Å². The zero-order valence-electron chi connectivity index (χ0n) is 9.86. The van der Waals surface area contributed by atoms with Gasteiger partial charge in [-0.3, -0.25) is 4.79 Å². The number of amides is 1. The molecule has 2 rings (SSSR count). The van der Waals surface area contributed by atoms with Crippen molar-refractivity contribution >= 4 is 11.6 Å². The van der Waals surface area contributed by atoms with Gasteiger partial charge in [-0.25, -0.2) is 0 Å². The van der Waals surface area contributed by atoms with E-state index in [-0.39, 0.29) is 11.9 Å². The molecule has 0 saturated carbocycles. The van der Waals surface area contributed by atoms with Gasteiger partial charge in [0.2, 0.25) is 5.91 Å². The summed E-state index contributed by atoms with van der Waals surface area (Å²) in [5, 5.41) is 3.23. The van der Waals surface area contributed by atoms with Crippen LogP contribution < -0.4 is 10.2 Å². The van der Waals surface area contributed by atoms with Gasteiger partial charge >= 0.3 is 0 Å². The minimum Gasteiger partial charge on any atom is -0.314 e. The van der Waals surface area contributed by atoms with E-state index in [0.29, 0.717) is 0 Å². The monoisotopic (exact) mass is 218 g/mol. The number of nitrogens with one attached hydrogen (secondary N) is 1. The van der Waals surface area contributed by atoms with Crippen molar-refractivity contribution < 1.29 is 4.79 Å². The minimum absolute atomic E-state index is 0.00510. The van der Waals surface area contributed by atoms with E-state index in [1.807, 2.05) is 38.2 Å². The van der Waals surface area contributed by atoms with Gasteiger partial charge in [0.15, 0.2) is 0 Å². The van der Waals surface area contributed by atoms with E-state index in [2.05, 4.69) is 5.32 Å². The summed E-state index contributed by atoms with van der Waals surface area (Å²) >= 11 is 0. The molecule has 0 unspecified atom stereocenters. The lowest BCUT2D eigenvalue weighted by molar-refractivity contribution is -0.119. The van der Waals surface area contributed by atoms with Gasteiger partial charge in [0.1, 0.15) is 0 Å². The molecule has 1 saturated heterocycles. The molecule has 86 valence electrons. The molecule has 1 atom stereocenters. The van der Waals surface area contributed by atoms with Crippen molar-refractivity contribution in [2.24, 2.45) is 0 Å². The minimum atomic E-state index is 0.00510.